The third kappa shape index (κ3) is 3.63. The molecule has 7 heteroatoms. The molecule has 0 fully saturated rings. The number of anilines is 1. The number of carboxylic acid groups (broad SMARTS) is 1. The van der Waals surface area contributed by atoms with Crippen LogP contribution in [0, 0.1) is 0 Å². The van der Waals surface area contributed by atoms with Crippen LogP contribution in [0.25, 0.3) is 0 Å². The highest BCUT2D eigenvalue weighted by Crippen LogP contribution is 2.36. The zero-order valence-corrected chi connectivity index (χ0v) is 13.3. The second kappa shape index (κ2) is 6.13. The number of hydrogen-bond donors (Lipinski definition) is 2. The molecule has 2 N–H and O–H groups in total. The highest BCUT2D eigenvalue weighted by atomic mass is 79.9. The Morgan fingerprint density at radius 2 is 2.11 bits per heavy atom. The van der Waals surface area contributed by atoms with Crippen LogP contribution in [-0.4, -0.2) is 11.1 Å². The van der Waals surface area contributed by atoms with Crippen LogP contribution < -0.4 is 5.32 Å². The summed E-state index contributed by atoms with van der Waals surface area (Å²) in [6.07, 6.45) is 0. The zero-order valence-electron chi connectivity index (χ0n) is 9.36. The first kappa shape index (κ1) is 14.7. The second-order valence-electron chi connectivity index (χ2n) is 3.70. The quantitative estimate of drug-likeness (QED) is 0.779. The van der Waals surface area contributed by atoms with E-state index in [1.807, 2.05) is 0 Å². The van der Waals surface area contributed by atoms with E-state index in [9.17, 15) is 9.90 Å². The van der Waals surface area contributed by atoms with Crippen LogP contribution in [0.2, 0.25) is 9.36 Å². The van der Waals surface area contributed by atoms with Gasteiger partial charge < -0.3 is 10.4 Å². The molecule has 1 aromatic carbocycles. The normalized spacial score (nSPS) is 12.2. The number of nitrogens with one attached hydrogen (secondary N) is 1. The highest BCUT2D eigenvalue weighted by Gasteiger charge is 2.23. The number of rotatable bonds is 4. The van der Waals surface area contributed by atoms with E-state index >= 15 is 0 Å². The fourth-order valence-electron chi connectivity index (χ4n) is 1.51. The smallest absolute Gasteiger partial charge is 0.331 e. The first-order valence-corrected chi connectivity index (χ1v) is 7.53. The van der Waals surface area contributed by atoms with Crippen molar-refractivity contribution in [3.05, 3.63) is 49.0 Å². The van der Waals surface area contributed by atoms with Gasteiger partial charge in [0.1, 0.15) is 4.34 Å². The lowest BCUT2D eigenvalue weighted by Crippen LogP contribution is -2.19. The van der Waals surface area contributed by atoms with Crippen molar-refractivity contribution in [2.45, 2.75) is 6.04 Å². The van der Waals surface area contributed by atoms with E-state index in [0.29, 0.717) is 24.4 Å². The average molecular weight is 381 g/mol. The van der Waals surface area contributed by atoms with Gasteiger partial charge in [-0.05, 0) is 40.2 Å². The van der Waals surface area contributed by atoms with Gasteiger partial charge in [-0.25, -0.2) is 4.79 Å². The van der Waals surface area contributed by atoms with Gasteiger partial charge in [-0.15, -0.1) is 11.3 Å². The first-order valence-electron chi connectivity index (χ1n) is 5.17. The summed E-state index contributed by atoms with van der Waals surface area (Å²) >= 11 is 16.3. The van der Waals surface area contributed by atoms with E-state index in [-0.39, 0.29) is 0 Å². The van der Waals surface area contributed by atoms with Gasteiger partial charge in [0, 0.05) is 20.1 Å². The van der Waals surface area contributed by atoms with E-state index < -0.39 is 12.0 Å². The third-order valence-corrected chi connectivity index (χ3v) is 5.11. The molecule has 0 aliphatic carbocycles. The van der Waals surface area contributed by atoms with Gasteiger partial charge >= 0.3 is 5.97 Å². The minimum Gasteiger partial charge on any atom is -0.479 e. The van der Waals surface area contributed by atoms with Crippen LogP contribution in [0.1, 0.15) is 10.9 Å². The van der Waals surface area contributed by atoms with Crippen LogP contribution in [0.5, 0.6) is 0 Å². The maximum absolute atomic E-state index is 11.4. The van der Waals surface area contributed by atoms with E-state index in [4.69, 9.17) is 23.2 Å². The van der Waals surface area contributed by atoms with E-state index in [1.165, 1.54) is 11.3 Å². The molecule has 0 radical (unpaired) electrons. The lowest BCUT2D eigenvalue weighted by atomic mass is 10.2. The van der Waals surface area contributed by atoms with Crippen LogP contribution in [0.15, 0.2) is 34.8 Å². The Balaban J connectivity index is 2.29. The summed E-state index contributed by atoms with van der Waals surface area (Å²) in [6, 6.07) is 7.73. The highest BCUT2D eigenvalue weighted by molar-refractivity contribution is 9.10. The molecule has 0 aliphatic heterocycles. The molecule has 0 saturated heterocycles. The van der Waals surface area contributed by atoms with Crippen molar-refractivity contribution in [3.8, 4) is 0 Å². The van der Waals surface area contributed by atoms with Gasteiger partial charge in [0.05, 0.1) is 0 Å². The predicted octanol–water partition coefficient (Wildman–Crippen LogP) is 5.06. The van der Waals surface area contributed by atoms with Gasteiger partial charge in [-0.3, -0.25) is 0 Å². The number of benzene rings is 1. The lowest BCUT2D eigenvalue weighted by Gasteiger charge is -2.14. The summed E-state index contributed by atoms with van der Waals surface area (Å²) in [7, 11) is 0. The summed E-state index contributed by atoms with van der Waals surface area (Å²) in [4.78, 5) is 12.0. The number of thiophene rings is 1. The molecule has 3 nitrogen and oxygen atoms in total. The SMILES string of the molecule is O=C(O)C(Nc1cccc(Cl)c1)c1cc(Br)c(Cl)s1. The van der Waals surface area contributed by atoms with Gasteiger partial charge in [0.15, 0.2) is 6.04 Å². The van der Waals surface area contributed by atoms with Crippen LogP contribution in [-0.2, 0) is 4.79 Å². The molecule has 19 heavy (non-hydrogen) atoms. The Bertz CT molecular complexity index is 598. The Kier molecular flexibility index (Phi) is 4.73. The van der Waals surface area contributed by atoms with Crippen LogP contribution >= 0.6 is 50.5 Å². The topological polar surface area (TPSA) is 49.3 Å². The minimum absolute atomic E-state index is 0.522. The van der Waals surface area contributed by atoms with Gasteiger partial charge in [-0.1, -0.05) is 29.3 Å². The molecule has 2 aromatic rings. The molecular formula is C12H8BrCl2NO2S. The van der Waals surface area contributed by atoms with Crippen molar-refractivity contribution in [3.63, 3.8) is 0 Å². The van der Waals surface area contributed by atoms with E-state index in [2.05, 4.69) is 21.2 Å². The molecule has 1 heterocycles. The molecule has 1 unspecified atom stereocenters. The summed E-state index contributed by atoms with van der Waals surface area (Å²) in [5.41, 5.74) is 0.639. The van der Waals surface area contributed by atoms with Crippen molar-refractivity contribution < 1.29 is 9.90 Å². The van der Waals surface area contributed by atoms with Crippen LogP contribution in [0.3, 0.4) is 0 Å². The molecule has 0 spiro atoms. The maximum Gasteiger partial charge on any atom is 0.331 e. The monoisotopic (exact) mass is 379 g/mol. The molecule has 0 aliphatic rings. The third-order valence-electron chi connectivity index (χ3n) is 2.33. The number of carbonyl (C=O) groups is 1. The van der Waals surface area contributed by atoms with Crippen LogP contribution in [0.4, 0.5) is 5.69 Å². The molecule has 2 rings (SSSR count). The van der Waals surface area contributed by atoms with Gasteiger partial charge in [0.2, 0.25) is 0 Å². The Labute approximate surface area is 132 Å². The van der Waals surface area contributed by atoms with Gasteiger partial charge in [0.25, 0.3) is 0 Å². The Morgan fingerprint density at radius 3 is 2.63 bits per heavy atom. The van der Waals surface area contributed by atoms with Crippen molar-refractivity contribution in [1.82, 2.24) is 0 Å². The number of aliphatic carboxylic acids is 1. The number of hydrogen-bond acceptors (Lipinski definition) is 3. The fourth-order valence-corrected chi connectivity index (χ4v) is 3.48. The standard InChI is InChI=1S/C12H8BrCl2NO2S/c13-8-5-9(19-11(8)15)10(12(17)18)16-7-3-1-2-6(14)4-7/h1-5,10,16H,(H,17,18). The number of halogens is 3. The summed E-state index contributed by atoms with van der Waals surface area (Å²) in [6.45, 7) is 0. The molecule has 0 amide bonds. The molecule has 1 aromatic heterocycles. The number of carboxylic acids is 1. The van der Waals surface area contributed by atoms with Gasteiger partial charge in [-0.2, -0.15) is 0 Å². The molecule has 0 bridgehead atoms. The van der Waals surface area contributed by atoms with Crippen molar-refractivity contribution >= 4 is 62.1 Å². The molecule has 1 atom stereocenters. The summed E-state index contributed by atoms with van der Waals surface area (Å²) in [5, 5.41) is 12.8. The summed E-state index contributed by atoms with van der Waals surface area (Å²) in [5.74, 6) is -0.981. The molecule has 0 saturated carbocycles. The minimum atomic E-state index is -0.981. The maximum atomic E-state index is 11.4. The zero-order chi connectivity index (χ0) is 14.0. The fraction of sp³-hybridized carbons (Fsp3) is 0.0833. The van der Waals surface area contributed by atoms with Crippen molar-refractivity contribution in [1.29, 1.82) is 0 Å². The largest absolute Gasteiger partial charge is 0.479 e. The van der Waals surface area contributed by atoms with Crippen molar-refractivity contribution in [2.75, 3.05) is 5.32 Å². The Hall–Kier alpha value is -0.750. The Morgan fingerprint density at radius 1 is 1.37 bits per heavy atom. The first-order chi connectivity index (χ1) is 8.97. The average Bonchev–Trinajstić information content (AvgIpc) is 2.66. The summed E-state index contributed by atoms with van der Waals surface area (Å²) < 4.78 is 1.21. The predicted molar refractivity (Wildman–Crippen MR) is 82.5 cm³/mol. The molecule has 100 valence electrons. The second-order valence-corrected chi connectivity index (χ2v) is 6.67. The van der Waals surface area contributed by atoms with E-state index in [0.717, 1.165) is 0 Å². The molecular weight excluding hydrogens is 373 g/mol. The van der Waals surface area contributed by atoms with Crippen molar-refractivity contribution in [2.24, 2.45) is 0 Å². The van der Waals surface area contributed by atoms with E-state index in [1.54, 1.807) is 30.3 Å². The lowest BCUT2D eigenvalue weighted by molar-refractivity contribution is -0.138.